The molecule has 1 heterocycles. The zero-order valence-electron chi connectivity index (χ0n) is 18.0. The first-order valence-corrected chi connectivity index (χ1v) is 11.1. The number of para-hydroxylation sites is 1. The van der Waals surface area contributed by atoms with Crippen LogP contribution in [-0.2, 0) is 20.7 Å². The average molecular weight is 439 g/mol. The summed E-state index contributed by atoms with van der Waals surface area (Å²) in [5.74, 6) is 0.106. The maximum atomic E-state index is 12.9. The van der Waals surface area contributed by atoms with Gasteiger partial charge in [-0.3, -0.25) is 9.69 Å². The minimum atomic E-state index is -0.405. The van der Waals surface area contributed by atoms with Crippen molar-refractivity contribution in [2.45, 2.75) is 27.2 Å². The Labute approximate surface area is 187 Å². The molecule has 1 aliphatic heterocycles. The quantitative estimate of drug-likeness (QED) is 0.437. The van der Waals surface area contributed by atoms with E-state index in [0.29, 0.717) is 29.0 Å². The summed E-state index contributed by atoms with van der Waals surface area (Å²) in [5, 5.41) is 0.689. The Morgan fingerprint density at radius 1 is 1.10 bits per heavy atom. The molecule has 1 amide bonds. The van der Waals surface area contributed by atoms with Gasteiger partial charge < -0.3 is 9.47 Å². The molecule has 0 unspecified atom stereocenters. The molecule has 1 aliphatic rings. The number of rotatable bonds is 8. The highest BCUT2D eigenvalue weighted by molar-refractivity contribution is 8.18. The van der Waals surface area contributed by atoms with Gasteiger partial charge in [0.25, 0.3) is 5.91 Å². The molecule has 0 aliphatic carbocycles. The predicted octanol–water partition coefficient (Wildman–Crippen LogP) is 4.81. The summed E-state index contributed by atoms with van der Waals surface area (Å²) in [6.07, 6.45) is 2.73. The fraction of sp³-hybridized carbons (Fsp3) is 0.292. The van der Waals surface area contributed by atoms with Gasteiger partial charge in [0.2, 0.25) is 0 Å². The molecule has 6 nitrogen and oxygen atoms in total. The fourth-order valence-electron chi connectivity index (χ4n) is 3.05. The Morgan fingerprint density at radius 2 is 1.84 bits per heavy atom. The van der Waals surface area contributed by atoms with Gasteiger partial charge in [-0.1, -0.05) is 37.3 Å². The number of aryl methyl sites for hydroxylation is 1. The van der Waals surface area contributed by atoms with Gasteiger partial charge in [0, 0.05) is 6.54 Å². The van der Waals surface area contributed by atoms with E-state index in [1.807, 2.05) is 43.3 Å². The van der Waals surface area contributed by atoms with E-state index in [0.717, 1.165) is 23.2 Å². The molecule has 1 fully saturated rings. The Balaban J connectivity index is 1.76. The summed E-state index contributed by atoms with van der Waals surface area (Å²) in [7, 11) is 0. The van der Waals surface area contributed by atoms with Crippen LogP contribution in [0.3, 0.4) is 0 Å². The van der Waals surface area contributed by atoms with Crippen molar-refractivity contribution in [3.63, 3.8) is 0 Å². The van der Waals surface area contributed by atoms with Gasteiger partial charge in [-0.15, -0.1) is 0 Å². The van der Waals surface area contributed by atoms with Crippen molar-refractivity contribution in [3.8, 4) is 5.75 Å². The molecule has 0 saturated carbocycles. The number of thioether (sulfide) groups is 1. The van der Waals surface area contributed by atoms with Gasteiger partial charge in [0.05, 0.1) is 17.2 Å². The molecule has 3 rings (SSSR count). The third kappa shape index (κ3) is 5.76. The number of carbonyl (C=O) groups is 2. The van der Waals surface area contributed by atoms with Crippen molar-refractivity contribution in [2.24, 2.45) is 4.99 Å². The third-order valence-electron chi connectivity index (χ3n) is 4.63. The molecule has 0 aromatic heterocycles. The molecule has 0 atom stereocenters. The Bertz CT molecular complexity index is 999. The molecule has 162 valence electrons. The summed E-state index contributed by atoms with van der Waals surface area (Å²) in [6.45, 7) is 6.53. The lowest BCUT2D eigenvalue weighted by molar-refractivity contribution is -0.145. The summed E-state index contributed by atoms with van der Waals surface area (Å²) >= 11 is 1.38. The number of esters is 1. The predicted molar refractivity (Wildman–Crippen MR) is 124 cm³/mol. The number of hydrogen-bond acceptors (Lipinski definition) is 6. The van der Waals surface area contributed by atoms with Crippen molar-refractivity contribution >= 4 is 40.6 Å². The largest absolute Gasteiger partial charge is 0.482 e. The van der Waals surface area contributed by atoms with Crippen molar-refractivity contribution in [1.82, 2.24) is 4.90 Å². The van der Waals surface area contributed by atoms with Crippen LogP contribution in [0.1, 0.15) is 31.9 Å². The van der Waals surface area contributed by atoms with Crippen molar-refractivity contribution < 1.29 is 19.1 Å². The minimum absolute atomic E-state index is 0.0529. The highest BCUT2D eigenvalue weighted by Gasteiger charge is 2.32. The minimum Gasteiger partial charge on any atom is -0.482 e. The van der Waals surface area contributed by atoms with Gasteiger partial charge in [-0.05, 0) is 67.4 Å². The SMILES string of the molecule is CCOC(=O)COc1ccc(/C=C2/SC(=Nc3ccccc3CC)N(CC)C2=O)cc1. The number of amidine groups is 1. The van der Waals surface area contributed by atoms with Crippen LogP contribution < -0.4 is 4.74 Å². The van der Waals surface area contributed by atoms with E-state index < -0.39 is 5.97 Å². The number of likely N-dealkylation sites (N-methyl/N-ethyl adjacent to an activating group) is 1. The third-order valence-corrected chi connectivity index (χ3v) is 5.64. The van der Waals surface area contributed by atoms with Crippen LogP contribution in [0, 0.1) is 0 Å². The van der Waals surface area contributed by atoms with Crippen LogP contribution >= 0.6 is 11.8 Å². The van der Waals surface area contributed by atoms with Crippen LogP contribution in [0.5, 0.6) is 5.75 Å². The van der Waals surface area contributed by atoms with E-state index in [2.05, 4.69) is 13.0 Å². The highest BCUT2D eigenvalue weighted by atomic mass is 32.2. The van der Waals surface area contributed by atoms with Crippen molar-refractivity contribution in [3.05, 3.63) is 64.6 Å². The van der Waals surface area contributed by atoms with Crippen LogP contribution in [0.25, 0.3) is 6.08 Å². The molecule has 31 heavy (non-hydrogen) atoms. The second-order valence-corrected chi connectivity index (χ2v) is 7.71. The lowest BCUT2D eigenvalue weighted by Crippen LogP contribution is -2.28. The summed E-state index contributed by atoms with van der Waals surface area (Å²) in [4.78, 5) is 31.4. The first-order valence-electron chi connectivity index (χ1n) is 10.3. The van der Waals surface area contributed by atoms with Gasteiger partial charge in [-0.2, -0.15) is 0 Å². The Kier molecular flexibility index (Phi) is 7.89. The average Bonchev–Trinajstić information content (AvgIpc) is 3.07. The molecule has 1 saturated heterocycles. The standard InChI is InChI=1S/C24H26N2O4S/c1-4-18-9-7-8-10-20(18)25-24-26(5-2)23(28)21(31-24)15-17-11-13-19(14-12-17)30-16-22(27)29-6-3/h7-15H,4-6,16H2,1-3H3/b21-15+,25-24?. The van der Waals surface area contributed by atoms with Crippen molar-refractivity contribution in [2.75, 3.05) is 19.8 Å². The van der Waals surface area contributed by atoms with E-state index in [1.165, 1.54) is 11.8 Å². The normalized spacial score (nSPS) is 16.2. The Hall–Kier alpha value is -3.06. The van der Waals surface area contributed by atoms with Gasteiger partial charge in [-0.25, -0.2) is 9.79 Å². The maximum Gasteiger partial charge on any atom is 0.344 e. The number of ether oxygens (including phenoxy) is 2. The molecular formula is C24H26N2O4S. The summed E-state index contributed by atoms with van der Waals surface area (Å²) in [6, 6.07) is 15.2. The topological polar surface area (TPSA) is 68.2 Å². The second-order valence-electron chi connectivity index (χ2n) is 6.70. The smallest absolute Gasteiger partial charge is 0.344 e. The molecule has 7 heteroatoms. The van der Waals surface area contributed by atoms with Crippen LogP contribution in [0.15, 0.2) is 58.4 Å². The molecule has 2 aromatic carbocycles. The van der Waals surface area contributed by atoms with Gasteiger partial charge in [0.1, 0.15) is 5.75 Å². The number of hydrogen-bond donors (Lipinski definition) is 0. The van der Waals surface area contributed by atoms with E-state index in [9.17, 15) is 9.59 Å². The van der Waals surface area contributed by atoms with E-state index in [-0.39, 0.29) is 12.5 Å². The second kappa shape index (κ2) is 10.8. The van der Waals surface area contributed by atoms with E-state index >= 15 is 0 Å². The molecular weight excluding hydrogens is 412 g/mol. The molecule has 0 bridgehead atoms. The van der Waals surface area contributed by atoms with Crippen LogP contribution in [0.4, 0.5) is 5.69 Å². The molecule has 2 aromatic rings. The maximum absolute atomic E-state index is 12.9. The lowest BCUT2D eigenvalue weighted by Gasteiger charge is -2.12. The Morgan fingerprint density at radius 3 is 2.52 bits per heavy atom. The molecule has 0 spiro atoms. The molecule has 0 N–H and O–H groups in total. The van der Waals surface area contributed by atoms with Crippen LogP contribution in [0.2, 0.25) is 0 Å². The van der Waals surface area contributed by atoms with Crippen LogP contribution in [-0.4, -0.2) is 41.7 Å². The number of amides is 1. The zero-order valence-corrected chi connectivity index (χ0v) is 18.8. The first-order chi connectivity index (χ1) is 15.0. The number of carbonyl (C=O) groups excluding carboxylic acids is 2. The first kappa shape index (κ1) is 22.6. The number of aliphatic imine (C=N–C) groups is 1. The van der Waals surface area contributed by atoms with Gasteiger partial charge >= 0.3 is 5.97 Å². The van der Waals surface area contributed by atoms with E-state index in [1.54, 1.807) is 24.0 Å². The number of nitrogens with zero attached hydrogens (tertiary/aromatic N) is 2. The summed E-state index contributed by atoms with van der Waals surface area (Å²) < 4.78 is 10.3. The molecule has 0 radical (unpaired) electrons. The zero-order chi connectivity index (χ0) is 22.2. The van der Waals surface area contributed by atoms with E-state index in [4.69, 9.17) is 14.5 Å². The summed E-state index contributed by atoms with van der Waals surface area (Å²) in [5.41, 5.74) is 2.91. The highest BCUT2D eigenvalue weighted by Crippen LogP contribution is 2.34. The fourth-order valence-corrected chi connectivity index (χ4v) is 4.10. The van der Waals surface area contributed by atoms with Gasteiger partial charge in [0.15, 0.2) is 11.8 Å². The monoisotopic (exact) mass is 438 g/mol. The number of benzene rings is 2. The van der Waals surface area contributed by atoms with Crippen molar-refractivity contribution in [1.29, 1.82) is 0 Å². The lowest BCUT2D eigenvalue weighted by atomic mass is 10.1.